The van der Waals surface area contributed by atoms with Crippen LogP contribution in [-0.4, -0.2) is 44.0 Å². The molecule has 1 unspecified atom stereocenters. The molecule has 1 aromatic rings. The second kappa shape index (κ2) is 11.7. The predicted molar refractivity (Wildman–Crippen MR) is 135 cm³/mol. The number of carbonyl (C=O) groups excluding carboxylic acids is 4. The Labute approximate surface area is 214 Å². The van der Waals surface area contributed by atoms with E-state index >= 15 is 0 Å². The van der Waals surface area contributed by atoms with Crippen LogP contribution < -0.4 is 15.4 Å². The van der Waals surface area contributed by atoms with Crippen LogP contribution in [0.3, 0.4) is 0 Å². The highest BCUT2D eigenvalue weighted by Crippen LogP contribution is 2.45. The second-order valence-corrected chi connectivity index (χ2v) is 8.98. The molecule has 0 aliphatic rings. The third-order valence-electron chi connectivity index (χ3n) is 3.57. The topological polar surface area (TPSA) is 114 Å². The minimum atomic E-state index is -1.06. The van der Waals surface area contributed by atoms with Crippen molar-refractivity contribution < 1.29 is 33.6 Å². The average Bonchev–Trinajstić information content (AvgIpc) is 2.64. The Balaban J connectivity index is 3.79. The first kappa shape index (κ1) is 27.2. The lowest BCUT2D eigenvalue weighted by Crippen LogP contribution is -2.34. The van der Waals surface area contributed by atoms with Gasteiger partial charge in [-0.05, 0) is 74.7 Å². The van der Waals surface area contributed by atoms with E-state index < -0.39 is 29.8 Å². The molecule has 0 saturated heterocycles. The molecule has 0 radical (unpaired) electrons. The van der Waals surface area contributed by atoms with E-state index in [-0.39, 0.29) is 0 Å². The van der Waals surface area contributed by atoms with E-state index in [2.05, 4.69) is 5.32 Å². The first-order valence-electron chi connectivity index (χ1n) is 8.27. The number of benzene rings is 1. The number of hydroxylamine groups is 2. The van der Waals surface area contributed by atoms with Crippen molar-refractivity contribution in [1.29, 1.82) is 0 Å². The van der Waals surface area contributed by atoms with Gasteiger partial charge < -0.3 is 10.1 Å². The molecule has 13 heteroatoms. The summed E-state index contributed by atoms with van der Waals surface area (Å²) in [5, 5.41) is 4.79. The smallest absolute Gasteiger partial charge is 0.303 e. The summed E-state index contributed by atoms with van der Waals surface area (Å²) in [6.07, 6.45) is -1.06. The van der Waals surface area contributed by atoms with Gasteiger partial charge in [0.1, 0.15) is 11.4 Å². The largest absolute Gasteiger partial charge is 0.453 e. The molecule has 30 heavy (non-hydrogen) atoms. The average molecular weight is 759 g/mol. The molecule has 3 amide bonds. The highest BCUT2D eigenvalue weighted by molar-refractivity contribution is 14.1. The molecular weight excluding hydrogens is 739 g/mol. The molecule has 0 aromatic heterocycles. The second-order valence-electron chi connectivity index (χ2n) is 5.75. The van der Waals surface area contributed by atoms with Gasteiger partial charge in [-0.2, -0.15) is 10.1 Å². The molecular formula is C17H20I3N3O7. The Morgan fingerprint density at radius 2 is 1.23 bits per heavy atom. The lowest BCUT2D eigenvalue weighted by molar-refractivity contribution is -0.150. The number of esters is 1. The number of ether oxygens (including phenoxy) is 1. The summed E-state index contributed by atoms with van der Waals surface area (Å²) in [4.78, 5) is 58.5. The monoisotopic (exact) mass is 759 g/mol. The van der Waals surface area contributed by atoms with Gasteiger partial charge in [0.2, 0.25) is 11.8 Å². The van der Waals surface area contributed by atoms with Gasteiger partial charge in [-0.1, -0.05) is 0 Å². The van der Waals surface area contributed by atoms with E-state index in [1.165, 1.54) is 41.9 Å². The van der Waals surface area contributed by atoms with Gasteiger partial charge in [0.25, 0.3) is 5.91 Å². The molecule has 1 atom stereocenters. The number of nitrogens with one attached hydrogen (secondary N) is 1. The van der Waals surface area contributed by atoms with E-state index in [4.69, 9.17) is 14.4 Å². The zero-order chi connectivity index (χ0) is 23.3. The summed E-state index contributed by atoms with van der Waals surface area (Å²) in [5.41, 5.74) is 0.943. The lowest BCUT2D eigenvalue weighted by Gasteiger charge is -2.29. The van der Waals surface area contributed by atoms with Crippen LogP contribution in [0.4, 0.5) is 17.1 Å². The Morgan fingerprint density at radius 3 is 1.53 bits per heavy atom. The number of nitrogens with zero attached hydrogens (tertiary/aromatic N) is 2. The Bertz CT molecular complexity index is 830. The van der Waals surface area contributed by atoms with Gasteiger partial charge >= 0.3 is 5.97 Å². The third kappa shape index (κ3) is 6.13. The van der Waals surface area contributed by atoms with Crippen LogP contribution in [0.2, 0.25) is 0 Å². The summed E-state index contributed by atoms with van der Waals surface area (Å²) in [7, 11) is 2.65. The molecule has 0 spiro atoms. The lowest BCUT2D eigenvalue weighted by atomic mass is 10.2. The van der Waals surface area contributed by atoms with Crippen molar-refractivity contribution >= 4 is 109 Å². The fraction of sp³-hybridized carbons (Fsp3) is 0.412. The number of anilines is 3. The van der Waals surface area contributed by atoms with Crippen LogP contribution in [0.1, 0.15) is 27.7 Å². The van der Waals surface area contributed by atoms with Gasteiger partial charge in [0.15, 0.2) is 6.10 Å². The van der Waals surface area contributed by atoms with Gasteiger partial charge in [-0.15, -0.1) is 0 Å². The molecule has 1 rings (SSSR count). The summed E-state index contributed by atoms with van der Waals surface area (Å²) in [5.74, 6) is -2.02. The van der Waals surface area contributed by atoms with Crippen molar-refractivity contribution in [3.8, 4) is 0 Å². The van der Waals surface area contributed by atoms with Crippen molar-refractivity contribution in [3.63, 3.8) is 0 Å². The fourth-order valence-electron chi connectivity index (χ4n) is 2.39. The normalized spacial score (nSPS) is 11.5. The zero-order valence-corrected chi connectivity index (χ0v) is 23.4. The number of carbonyl (C=O) groups is 4. The maximum atomic E-state index is 12.6. The van der Waals surface area contributed by atoms with Crippen LogP contribution >= 0.6 is 67.8 Å². The van der Waals surface area contributed by atoms with E-state index in [1.807, 2.05) is 67.8 Å². The fourth-order valence-corrected chi connectivity index (χ4v) is 6.70. The van der Waals surface area contributed by atoms with Gasteiger partial charge in [0, 0.05) is 20.8 Å². The van der Waals surface area contributed by atoms with E-state index in [0.717, 1.165) is 10.1 Å². The number of amides is 3. The van der Waals surface area contributed by atoms with Crippen LogP contribution in [-0.2, 0) is 33.6 Å². The van der Waals surface area contributed by atoms with Gasteiger partial charge in [-0.25, -0.2) is 0 Å². The summed E-state index contributed by atoms with van der Waals surface area (Å²) in [6, 6.07) is 0. The number of halogens is 3. The highest BCUT2D eigenvalue weighted by atomic mass is 127. The molecule has 166 valence electrons. The number of rotatable bonds is 7. The quantitative estimate of drug-likeness (QED) is 0.258. The SMILES string of the molecule is CON(C(C)=O)c1c(I)c(NC(=O)C(C)OC(C)=O)c(I)c(N(OC)C(C)=O)c1I. The highest BCUT2D eigenvalue weighted by Gasteiger charge is 2.31. The molecule has 0 bridgehead atoms. The molecule has 0 aliphatic heterocycles. The summed E-state index contributed by atoms with van der Waals surface area (Å²) >= 11 is 5.91. The predicted octanol–water partition coefficient (Wildman–Crippen LogP) is 3.22. The third-order valence-corrected chi connectivity index (χ3v) is 6.70. The van der Waals surface area contributed by atoms with Gasteiger partial charge in [-0.3, -0.25) is 28.9 Å². The van der Waals surface area contributed by atoms with Crippen LogP contribution in [0, 0.1) is 10.7 Å². The van der Waals surface area contributed by atoms with Crippen molar-refractivity contribution in [2.45, 2.75) is 33.8 Å². The zero-order valence-electron chi connectivity index (χ0n) is 17.0. The maximum Gasteiger partial charge on any atom is 0.303 e. The van der Waals surface area contributed by atoms with Crippen LogP contribution in [0.15, 0.2) is 0 Å². The number of hydrogen-bond donors (Lipinski definition) is 1. The minimum absolute atomic E-state index is 0.303. The van der Waals surface area contributed by atoms with E-state index in [9.17, 15) is 19.2 Å². The van der Waals surface area contributed by atoms with Crippen molar-refractivity contribution in [3.05, 3.63) is 10.7 Å². The van der Waals surface area contributed by atoms with Crippen LogP contribution in [0.5, 0.6) is 0 Å². The molecule has 0 fully saturated rings. The molecule has 0 saturated carbocycles. The molecule has 0 aliphatic carbocycles. The van der Waals surface area contributed by atoms with Crippen molar-refractivity contribution in [2.24, 2.45) is 0 Å². The van der Waals surface area contributed by atoms with Crippen molar-refractivity contribution in [2.75, 3.05) is 29.7 Å². The molecule has 10 nitrogen and oxygen atoms in total. The molecule has 1 N–H and O–H groups in total. The minimum Gasteiger partial charge on any atom is -0.453 e. The van der Waals surface area contributed by atoms with E-state index in [1.54, 1.807) is 0 Å². The molecule has 0 heterocycles. The standard InChI is InChI=1S/C17H20I3N3O7/c1-7(30-10(4)26)17(27)21-14-11(18)15(22(28-5)8(2)24)13(20)16(12(14)19)23(29-6)9(3)25/h7H,1-6H3,(H,21,27). The maximum absolute atomic E-state index is 12.6. The first-order chi connectivity index (χ1) is 13.9. The Hall–Kier alpha value is -0.790. The van der Waals surface area contributed by atoms with E-state index in [0.29, 0.717) is 27.8 Å². The van der Waals surface area contributed by atoms with Gasteiger partial charge in [0.05, 0.1) is 30.6 Å². The Kier molecular flexibility index (Phi) is 10.6. The van der Waals surface area contributed by atoms with Crippen LogP contribution in [0.25, 0.3) is 0 Å². The number of hydrogen-bond acceptors (Lipinski definition) is 7. The summed E-state index contributed by atoms with van der Waals surface area (Å²) in [6.45, 7) is 5.25. The van der Waals surface area contributed by atoms with Crippen molar-refractivity contribution in [1.82, 2.24) is 0 Å². The molecule has 1 aromatic carbocycles. The summed E-state index contributed by atoms with van der Waals surface area (Å²) < 4.78 is 6.37. The Morgan fingerprint density at radius 1 is 0.833 bits per heavy atom. The first-order valence-corrected chi connectivity index (χ1v) is 11.5.